The lowest BCUT2D eigenvalue weighted by Crippen LogP contribution is -2.18. The fraction of sp³-hybridized carbons (Fsp3) is 0.273. The van der Waals surface area contributed by atoms with E-state index in [2.05, 4.69) is 10.6 Å². The van der Waals surface area contributed by atoms with E-state index in [9.17, 15) is 9.59 Å². The van der Waals surface area contributed by atoms with Gasteiger partial charge in [0, 0.05) is 24.9 Å². The van der Waals surface area contributed by atoms with Crippen LogP contribution in [0.1, 0.15) is 13.3 Å². The largest absolute Gasteiger partial charge is 0.330 e. The lowest BCUT2D eigenvalue weighted by atomic mass is 10.2. The highest BCUT2D eigenvalue weighted by atomic mass is 35.5. The third-order valence-corrected chi connectivity index (χ3v) is 2.17. The molecule has 0 saturated carbocycles. The first kappa shape index (κ1) is 16.7. The number of amides is 2. The van der Waals surface area contributed by atoms with Gasteiger partial charge in [0.25, 0.3) is 0 Å². The van der Waals surface area contributed by atoms with E-state index in [0.717, 1.165) is 0 Å². The Kier molecular flexibility index (Phi) is 7.35. The summed E-state index contributed by atoms with van der Waals surface area (Å²) in [6, 6.07) is 4.83. The van der Waals surface area contributed by atoms with Crippen LogP contribution in [0.4, 0.5) is 11.4 Å². The van der Waals surface area contributed by atoms with Crippen molar-refractivity contribution in [1.82, 2.24) is 0 Å². The number of carbonyl (C=O) groups is 2. The van der Waals surface area contributed by atoms with Crippen LogP contribution >= 0.6 is 24.0 Å². The summed E-state index contributed by atoms with van der Waals surface area (Å²) in [6.07, 6.45) is 0.224. The Hall–Kier alpha value is -1.30. The lowest BCUT2D eigenvalue weighted by molar-refractivity contribution is -0.116. The molecule has 0 bridgehead atoms. The summed E-state index contributed by atoms with van der Waals surface area (Å²) in [5.74, 6) is -0.442. The topological polar surface area (TPSA) is 84.2 Å². The average molecular weight is 292 g/mol. The minimum Gasteiger partial charge on any atom is -0.330 e. The summed E-state index contributed by atoms with van der Waals surface area (Å²) in [7, 11) is 0. The summed E-state index contributed by atoms with van der Waals surface area (Å²) >= 11 is 5.81. The van der Waals surface area contributed by atoms with Crippen molar-refractivity contribution in [2.75, 3.05) is 17.2 Å². The third-order valence-electron chi connectivity index (χ3n) is 1.94. The summed E-state index contributed by atoms with van der Waals surface area (Å²) in [5.41, 5.74) is 6.25. The molecule has 7 heteroatoms. The molecule has 4 N–H and O–H groups in total. The van der Waals surface area contributed by atoms with Gasteiger partial charge >= 0.3 is 0 Å². The number of halogens is 2. The summed E-state index contributed by atoms with van der Waals surface area (Å²) < 4.78 is 0. The predicted octanol–water partition coefficient (Wildman–Crippen LogP) is 2.01. The van der Waals surface area contributed by atoms with Gasteiger partial charge in [-0.1, -0.05) is 11.6 Å². The number of nitrogens with one attached hydrogen (secondary N) is 2. The standard InChI is InChI=1S/C11H14ClN3O2.ClH/c1-7(16)14-10-6-8(12)2-3-9(10)15-11(17)4-5-13;/h2-3,6H,4-5,13H2,1H3,(H,14,16)(H,15,17);1H. The molecule has 1 aromatic carbocycles. The van der Waals surface area contributed by atoms with Gasteiger partial charge in [0.1, 0.15) is 0 Å². The second-order valence-electron chi connectivity index (χ2n) is 3.46. The van der Waals surface area contributed by atoms with E-state index in [1.165, 1.54) is 6.92 Å². The van der Waals surface area contributed by atoms with E-state index in [4.69, 9.17) is 17.3 Å². The maximum atomic E-state index is 11.4. The van der Waals surface area contributed by atoms with Crippen LogP contribution in [0.2, 0.25) is 5.02 Å². The summed E-state index contributed by atoms with van der Waals surface area (Å²) in [5, 5.41) is 5.72. The molecule has 100 valence electrons. The van der Waals surface area contributed by atoms with Crippen molar-refractivity contribution in [3.63, 3.8) is 0 Å². The molecule has 0 aliphatic rings. The number of rotatable bonds is 4. The smallest absolute Gasteiger partial charge is 0.225 e. The molecular weight excluding hydrogens is 277 g/mol. The van der Waals surface area contributed by atoms with Gasteiger partial charge in [0.15, 0.2) is 0 Å². The highest BCUT2D eigenvalue weighted by Gasteiger charge is 2.08. The number of hydrogen-bond donors (Lipinski definition) is 3. The molecule has 0 aliphatic carbocycles. The van der Waals surface area contributed by atoms with Crippen LogP contribution in [0.3, 0.4) is 0 Å². The van der Waals surface area contributed by atoms with Crippen molar-refractivity contribution in [2.24, 2.45) is 5.73 Å². The van der Waals surface area contributed by atoms with E-state index >= 15 is 0 Å². The lowest BCUT2D eigenvalue weighted by Gasteiger charge is -2.11. The van der Waals surface area contributed by atoms with Gasteiger partial charge in [-0.05, 0) is 18.2 Å². The van der Waals surface area contributed by atoms with Gasteiger partial charge in [-0.2, -0.15) is 0 Å². The van der Waals surface area contributed by atoms with E-state index in [-0.39, 0.29) is 37.2 Å². The fourth-order valence-electron chi connectivity index (χ4n) is 1.26. The van der Waals surface area contributed by atoms with E-state index in [0.29, 0.717) is 16.4 Å². The molecule has 0 fully saturated rings. The Morgan fingerprint density at radius 1 is 1.28 bits per heavy atom. The molecule has 0 radical (unpaired) electrons. The SMILES string of the molecule is CC(=O)Nc1cc(Cl)ccc1NC(=O)CCN.Cl. The van der Waals surface area contributed by atoms with Crippen molar-refractivity contribution >= 4 is 47.2 Å². The highest BCUT2D eigenvalue weighted by Crippen LogP contribution is 2.25. The molecule has 0 spiro atoms. The second kappa shape index (κ2) is 7.92. The molecule has 5 nitrogen and oxygen atoms in total. The van der Waals surface area contributed by atoms with Crippen molar-refractivity contribution < 1.29 is 9.59 Å². The van der Waals surface area contributed by atoms with Gasteiger partial charge in [-0.25, -0.2) is 0 Å². The third kappa shape index (κ3) is 5.35. The zero-order valence-electron chi connectivity index (χ0n) is 9.83. The zero-order chi connectivity index (χ0) is 12.8. The number of nitrogens with two attached hydrogens (primary N) is 1. The normalized spacial score (nSPS) is 9.28. The Bertz CT molecular complexity index is 438. The van der Waals surface area contributed by atoms with Crippen LogP contribution < -0.4 is 16.4 Å². The summed E-state index contributed by atoms with van der Waals surface area (Å²) in [6.45, 7) is 1.65. The number of benzene rings is 1. The number of hydrogen-bond acceptors (Lipinski definition) is 3. The average Bonchev–Trinajstić information content (AvgIpc) is 2.21. The first-order valence-corrected chi connectivity index (χ1v) is 5.48. The molecule has 0 atom stereocenters. The molecule has 0 saturated heterocycles. The molecule has 0 aromatic heterocycles. The highest BCUT2D eigenvalue weighted by molar-refractivity contribution is 6.31. The molecule has 0 unspecified atom stereocenters. The maximum Gasteiger partial charge on any atom is 0.225 e. The Morgan fingerprint density at radius 2 is 1.94 bits per heavy atom. The molecule has 1 aromatic rings. The minimum atomic E-state index is -0.235. The van der Waals surface area contributed by atoms with Gasteiger partial charge in [0.05, 0.1) is 11.4 Å². The number of carbonyl (C=O) groups excluding carboxylic acids is 2. The monoisotopic (exact) mass is 291 g/mol. The Morgan fingerprint density at radius 3 is 2.50 bits per heavy atom. The van der Waals surface area contributed by atoms with Gasteiger partial charge < -0.3 is 16.4 Å². The molecule has 18 heavy (non-hydrogen) atoms. The molecular formula is C11H15Cl2N3O2. The summed E-state index contributed by atoms with van der Waals surface area (Å²) in [4.78, 5) is 22.4. The van der Waals surface area contributed by atoms with Crippen molar-refractivity contribution in [1.29, 1.82) is 0 Å². The fourth-order valence-corrected chi connectivity index (χ4v) is 1.43. The van der Waals surface area contributed by atoms with E-state index < -0.39 is 0 Å². The first-order chi connectivity index (χ1) is 8.02. The van der Waals surface area contributed by atoms with Gasteiger partial charge in [-0.3, -0.25) is 9.59 Å². The Balaban J connectivity index is 0.00000289. The molecule has 2 amide bonds. The minimum absolute atomic E-state index is 0. The van der Waals surface area contributed by atoms with Crippen LogP contribution in [0.15, 0.2) is 18.2 Å². The van der Waals surface area contributed by atoms with Crippen molar-refractivity contribution in [3.05, 3.63) is 23.2 Å². The first-order valence-electron chi connectivity index (χ1n) is 5.10. The van der Waals surface area contributed by atoms with E-state index in [1.54, 1.807) is 18.2 Å². The van der Waals surface area contributed by atoms with Crippen molar-refractivity contribution in [2.45, 2.75) is 13.3 Å². The van der Waals surface area contributed by atoms with E-state index in [1.807, 2.05) is 0 Å². The Labute approximate surface area is 116 Å². The van der Waals surface area contributed by atoms with Crippen molar-refractivity contribution in [3.8, 4) is 0 Å². The molecule has 1 rings (SSSR count). The second-order valence-corrected chi connectivity index (χ2v) is 3.89. The molecule has 0 heterocycles. The van der Waals surface area contributed by atoms with Gasteiger partial charge in [-0.15, -0.1) is 12.4 Å². The van der Waals surface area contributed by atoms with Crippen LogP contribution in [0.25, 0.3) is 0 Å². The van der Waals surface area contributed by atoms with Crippen LogP contribution in [0.5, 0.6) is 0 Å². The van der Waals surface area contributed by atoms with Crippen LogP contribution in [-0.2, 0) is 9.59 Å². The molecule has 0 aliphatic heterocycles. The maximum absolute atomic E-state index is 11.4. The quantitative estimate of drug-likeness (QED) is 0.793. The van der Waals surface area contributed by atoms with Crippen LogP contribution in [0, 0.1) is 0 Å². The van der Waals surface area contributed by atoms with Gasteiger partial charge in [0.2, 0.25) is 11.8 Å². The predicted molar refractivity (Wildman–Crippen MR) is 75.3 cm³/mol. The number of anilines is 2. The zero-order valence-corrected chi connectivity index (χ0v) is 11.4. The van der Waals surface area contributed by atoms with Crippen LogP contribution in [-0.4, -0.2) is 18.4 Å².